The van der Waals surface area contributed by atoms with E-state index in [0.717, 1.165) is 32.4 Å². The number of aromatic amines is 1. The molecule has 122 valence electrons. The van der Waals surface area contributed by atoms with Gasteiger partial charge >= 0.3 is 5.69 Å². The van der Waals surface area contributed by atoms with Crippen molar-refractivity contribution in [2.45, 2.75) is 31.3 Å². The molecule has 3 heterocycles. The molecule has 2 N–H and O–H groups in total. The summed E-state index contributed by atoms with van der Waals surface area (Å²) in [6, 6.07) is 0.520. The predicted molar refractivity (Wildman–Crippen MR) is 89.6 cm³/mol. The summed E-state index contributed by atoms with van der Waals surface area (Å²) in [6.07, 6.45) is 4.40. The maximum Gasteiger partial charge on any atom is 0.329 e. The first-order valence-electron chi connectivity index (χ1n) is 7.85. The van der Waals surface area contributed by atoms with Crippen LogP contribution in [0.4, 0.5) is 5.82 Å². The maximum atomic E-state index is 12.2. The van der Waals surface area contributed by atoms with Crippen LogP contribution in [0.1, 0.15) is 25.3 Å². The zero-order chi connectivity index (χ0) is 16.1. The number of aromatic nitrogens is 3. The summed E-state index contributed by atoms with van der Waals surface area (Å²) < 4.78 is 1.62. The lowest BCUT2D eigenvalue weighted by Gasteiger charge is -2.20. The number of rotatable bonds is 3. The fourth-order valence-corrected chi connectivity index (χ4v) is 3.65. The van der Waals surface area contributed by atoms with E-state index in [0.29, 0.717) is 27.8 Å². The summed E-state index contributed by atoms with van der Waals surface area (Å²) >= 11 is 6.60. The molecular formula is C15H18ClN5O2. The van der Waals surface area contributed by atoms with Crippen LogP contribution in [0.5, 0.6) is 0 Å². The SMILES string of the molecule is CNC1CCN(c2ncc3c(=O)[nH]c(=O)n(C4CC4)c3c2Cl)C1. The number of halogens is 1. The van der Waals surface area contributed by atoms with Gasteiger partial charge in [-0.05, 0) is 26.3 Å². The molecule has 1 saturated carbocycles. The van der Waals surface area contributed by atoms with Gasteiger partial charge in [-0.15, -0.1) is 0 Å². The first-order chi connectivity index (χ1) is 11.1. The standard InChI is InChI=1S/C15H18ClN5O2/c1-17-8-4-5-20(7-8)13-11(16)12-10(6-18-13)14(22)19-15(23)21(12)9-2-3-9/h6,8-9,17H,2-5,7H2,1H3,(H,19,22,23). The molecule has 1 saturated heterocycles. The maximum absolute atomic E-state index is 12.2. The molecule has 2 aromatic heterocycles. The van der Waals surface area contributed by atoms with Gasteiger partial charge in [-0.2, -0.15) is 0 Å². The Hall–Kier alpha value is -1.86. The predicted octanol–water partition coefficient (Wildman–Crippen LogP) is 0.871. The molecule has 4 rings (SSSR count). The quantitative estimate of drug-likeness (QED) is 0.869. The molecule has 1 aliphatic carbocycles. The number of nitrogens with one attached hydrogen (secondary N) is 2. The number of hydrogen-bond donors (Lipinski definition) is 2. The van der Waals surface area contributed by atoms with Crippen molar-refractivity contribution >= 4 is 28.3 Å². The lowest BCUT2D eigenvalue weighted by Crippen LogP contribution is -2.32. The Bertz CT molecular complexity index is 886. The summed E-state index contributed by atoms with van der Waals surface area (Å²) in [6.45, 7) is 1.66. The van der Waals surface area contributed by atoms with Gasteiger partial charge in [0.2, 0.25) is 0 Å². The van der Waals surface area contributed by atoms with Crippen LogP contribution in [0.2, 0.25) is 5.02 Å². The molecule has 7 nitrogen and oxygen atoms in total. The fourth-order valence-electron chi connectivity index (χ4n) is 3.29. The minimum absolute atomic E-state index is 0.123. The van der Waals surface area contributed by atoms with E-state index in [1.54, 1.807) is 4.57 Å². The Kier molecular flexibility index (Phi) is 3.42. The third kappa shape index (κ3) is 2.35. The highest BCUT2D eigenvalue weighted by molar-refractivity contribution is 6.37. The molecule has 0 radical (unpaired) electrons. The van der Waals surface area contributed by atoms with Gasteiger partial charge in [0.25, 0.3) is 5.56 Å². The van der Waals surface area contributed by atoms with Crippen molar-refractivity contribution < 1.29 is 0 Å². The number of fused-ring (bicyclic) bond motifs is 1. The minimum Gasteiger partial charge on any atom is -0.354 e. The zero-order valence-corrected chi connectivity index (χ0v) is 13.6. The van der Waals surface area contributed by atoms with Crippen LogP contribution in [0.3, 0.4) is 0 Å². The van der Waals surface area contributed by atoms with Gasteiger partial charge in [0.15, 0.2) is 0 Å². The molecule has 8 heteroatoms. The third-order valence-corrected chi connectivity index (χ3v) is 5.06. The molecule has 1 unspecified atom stereocenters. The second-order valence-corrected chi connectivity index (χ2v) is 6.62. The molecule has 0 bridgehead atoms. The third-order valence-electron chi connectivity index (χ3n) is 4.71. The van der Waals surface area contributed by atoms with Crippen LogP contribution in [0.15, 0.2) is 15.8 Å². The van der Waals surface area contributed by atoms with Crippen molar-refractivity contribution in [3.63, 3.8) is 0 Å². The Balaban J connectivity index is 1.92. The average molecular weight is 336 g/mol. The van der Waals surface area contributed by atoms with Crippen LogP contribution in [0, 0.1) is 0 Å². The minimum atomic E-state index is -0.433. The lowest BCUT2D eigenvalue weighted by atomic mass is 10.2. The van der Waals surface area contributed by atoms with Gasteiger partial charge in [-0.3, -0.25) is 14.3 Å². The van der Waals surface area contributed by atoms with E-state index in [2.05, 4.69) is 20.2 Å². The van der Waals surface area contributed by atoms with E-state index in [9.17, 15) is 9.59 Å². The van der Waals surface area contributed by atoms with Crippen LogP contribution in [0.25, 0.3) is 10.9 Å². The number of pyridine rings is 1. The molecule has 1 aliphatic heterocycles. The number of hydrogen-bond acceptors (Lipinski definition) is 5. The van der Waals surface area contributed by atoms with Crippen molar-refractivity contribution in [2.24, 2.45) is 0 Å². The van der Waals surface area contributed by atoms with Crippen molar-refractivity contribution in [2.75, 3.05) is 25.0 Å². The highest BCUT2D eigenvalue weighted by Crippen LogP contribution is 2.39. The van der Waals surface area contributed by atoms with Crippen molar-refractivity contribution in [3.8, 4) is 0 Å². The summed E-state index contributed by atoms with van der Waals surface area (Å²) in [5.74, 6) is 0.649. The monoisotopic (exact) mass is 335 g/mol. The van der Waals surface area contributed by atoms with E-state index >= 15 is 0 Å². The van der Waals surface area contributed by atoms with Crippen LogP contribution in [-0.4, -0.2) is 40.7 Å². The molecular weight excluding hydrogens is 318 g/mol. The first-order valence-corrected chi connectivity index (χ1v) is 8.23. The second kappa shape index (κ2) is 5.35. The number of anilines is 1. The average Bonchev–Trinajstić information content (AvgIpc) is 3.24. The van der Waals surface area contributed by atoms with E-state index in [-0.39, 0.29) is 6.04 Å². The van der Waals surface area contributed by atoms with Crippen LogP contribution >= 0.6 is 11.6 Å². The highest BCUT2D eigenvalue weighted by atomic mass is 35.5. The fraction of sp³-hybridized carbons (Fsp3) is 0.533. The Morgan fingerprint density at radius 1 is 1.35 bits per heavy atom. The normalized spacial score (nSPS) is 21.3. The first kappa shape index (κ1) is 14.7. The van der Waals surface area contributed by atoms with Crippen molar-refractivity contribution in [1.29, 1.82) is 0 Å². The molecule has 2 fully saturated rings. The van der Waals surface area contributed by atoms with Crippen molar-refractivity contribution in [3.05, 3.63) is 32.1 Å². The Morgan fingerprint density at radius 2 is 2.13 bits per heavy atom. The Morgan fingerprint density at radius 3 is 2.78 bits per heavy atom. The van der Waals surface area contributed by atoms with Gasteiger partial charge in [0, 0.05) is 31.4 Å². The lowest BCUT2D eigenvalue weighted by molar-refractivity contribution is 0.616. The van der Waals surface area contributed by atoms with E-state index in [4.69, 9.17) is 11.6 Å². The molecule has 0 spiro atoms. The van der Waals surface area contributed by atoms with E-state index < -0.39 is 11.2 Å². The van der Waals surface area contributed by atoms with Gasteiger partial charge in [-0.1, -0.05) is 11.6 Å². The molecule has 0 aromatic carbocycles. The molecule has 2 aromatic rings. The van der Waals surface area contributed by atoms with Gasteiger partial charge < -0.3 is 10.2 Å². The molecule has 0 amide bonds. The summed E-state index contributed by atoms with van der Waals surface area (Å²) in [5, 5.41) is 4.02. The summed E-state index contributed by atoms with van der Waals surface area (Å²) in [7, 11) is 1.94. The molecule has 1 atom stereocenters. The van der Waals surface area contributed by atoms with Gasteiger partial charge in [0.1, 0.15) is 10.8 Å². The van der Waals surface area contributed by atoms with Crippen LogP contribution in [-0.2, 0) is 0 Å². The van der Waals surface area contributed by atoms with E-state index in [1.807, 2.05) is 7.05 Å². The topological polar surface area (TPSA) is 83.0 Å². The van der Waals surface area contributed by atoms with Gasteiger partial charge in [-0.25, -0.2) is 9.78 Å². The number of H-pyrrole nitrogens is 1. The van der Waals surface area contributed by atoms with Crippen molar-refractivity contribution in [1.82, 2.24) is 19.9 Å². The summed E-state index contributed by atoms with van der Waals surface area (Å²) in [4.78, 5) is 33.2. The second-order valence-electron chi connectivity index (χ2n) is 6.24. The molecule has 23 heavy (non-hydrogen) atoms. The largest absolute Gasteiger partial charge is 0.354 e. The zero-order valence-electron chi connectivity index (χ0n) is 12.8. The number of likely N-dealkylation sites (N-methyl/N-ethyl adjacent to an activating group) is 1. The summed E-state index contributed by atoms with van der Waals surface area (Å²) in [5.41, 5.74) is -0.309. The Labute approximate surface area is 137 Å². The van der Waals surface area contributed by atoms with Crippen LogP contribution < -0.4 is 21.5 Å². The smallest absolute Gasteiger partial charge is 0.329 e. The number of nitrogens with zero attached hydrogens (tertiary/aromatic N) is 3. The van der Waals surface area contributed by atoms with Gasteiger partial charge in [0.05, 0.1) is 10.9 Å². The highest BCUT2D eigenvalue weighted by Gasteiger charge is 2.30. The van der Waals surface area contributed by atoms with E-state index in [1.165, 1.54) is 6.20 Å². The molecule has 2 aliphatic rings.